The summed E-state index contributed by atoms with van der Waals surface area (Å²) < 4.78 is 13.5. The van der Waals surface area contributed by atoms with Gasteiger partial charge in [0.1, 0.15) is 5.82 Å². The smallest absolute Gasteiger partial charge is 0.191 e. The number of benzene rings is 1. The van der Waals surface area contributed by atoms with Crippen LogP contribution in [0.15, 0.2) is 12.1 Å². The third kappa shape index (κ3) is 3.02. The van der Waals surface area contributed by atoms with Crippen molar-refractivity contribution in [3.8, 4) is 0 Å². The lowest BCUT2D eigenvalue weighted by Crippen LogP contribution is -2.24. The van der Waals surface area contributed by atoms with E-state index in [0.29, 0.717) is 16.4 Å². The van der Waals surface area contributed by atoms with Crippen molar-refractivity contribution < 1.29 is 4.39 Å². The Hall–Kier alpha value is -1.24. The fourth-order valence-electron chi connectivity index (χ4n) is 1.83. The van der Waals surface area contributed by atoms with Crippen LogP contribution in [-0.4, -0.2) is 20.6 Å². The van der Waals surface area contributed by atoms with Gasteiger partial charge in [-0.05, 0) is 26.0 Å². The molecule has 5 nitrogen and oxygen atoms in total. The first-order chi connectivity index (χ1) is 9.00. The zero-order valence-corrected chi connectivity index (χ0v) is 11.8. The number of nitrogens with one attached hydrogen (secondary N) is 2. The molecule has 2 N–H and O–H groups in total. The van der Waals surface area contributed by atoms with Gasteiger partial charge in [-0.3, -0.25) is 0 Å². The van der Waals surface area contributed by atoms with Crippen LogP contribution in [0.2, 0.25) is 10.0 Å². The van der Waals surface area contributed by atoms with E-state index >= 15 is 0 Å². The SMILES string of the molecule is CC(NC(C)c1c(Cl)ccc(F)c1Cl)c1nn[nH]n1. The van der Waals surface area contributed by atoms with Gasteiger partial charge in [-0.15, -0.1) is 10.2 Å². The molecule has 0 saturated heterocycles. The largest absolute Gasteiger partial charge is 0.301 e. The summed E-state index contributed by atoms with van der Waals surface area (Å²) in [6, 6.07) is 2.28. The zero-order chi connectivity index (χ0) is 14.0. The standard InChI is InChI=1S/C11H12Cl2FN5/c1-5(15-6(2)11-16-18-19-17-11)9-7(12)3-4-8(14)10(9)13/h3-6,15H,1-2H3,(H,16,17,18,19). The molecule has 2 atom stereocenters. The van der Waals surface area contributed by atoms with E-state index in [0.717, 1.165) is 0 Å². The summed E-state index contributed by atoms with van der Waals surface area (Å²) in [5.41, 5.74) is 0.513. The minimum atomic E-state index is -0.498. The van der Waals surface area contributed by atoms with Gasteiger partial charge in [0.25, 0.3) is 0 Å². The fraction of sp³-hybridized carbons (Fsp3) is 0.364. The second-order valence-electron chi connectivity index (χ2n) is 4.14. The summed E-state index contributed by atoms with van der Waals surface area (Å²) >= 11 is 12.0. The summed E-state index contributed by atoms with van der Waals surface area (Å²) in [6.07, 6.45) is 0. The number of hydrogen-bond donors (Lipinski definition) is 2. The van der Waals surface area contributed by atoms with Gasteiger partial charge in [0.05, 0.1) is 11.1 Å². The van der Waals surface area contributed by atoms with E-state index in [4.69, 9.17) is 23.2 Å². The third-order valence-corrected chi connectivity index (χ3v) is 3.48. The molecular weight excluding hydrogens is 292 g/mol. The Morgan fingerprint density at radius 1 is 1.26 bits per heavy atom. The minimum absolute atomic E-state index is 0.0211. The molecule has 1 aromatic heterocycles. The Balaban J connectivity index is 2.21. The van der Waals surface area contributed by atoms with Crippen molar-refractivity contribution in [2.24, 2.45) is 0 Å². The summed E-state index contributed by atoms with van der Waals surface area (Å²) in [7, 11) is 0. The lowest BCUT2D eigenvalue weighted by Gasteiger charge is -2.20. The maximum absolute atomic E-state index is 13.5. The van der Waals surface area contributed by atoms with E-state index in [9.17, 15) is 4.39 Å². The van der Waals surface area contributed by atoms with E-state index in [1.54, 1.807) is 0 Å². The highest BCUT2D eigenvalue weighted by Crippen LogP contribution is 2.33. The zero-order valence-electron chi connectivity index (χ0n) is 10.3. The molecule has 0 bridgehead atoms. The second-order valence-corrected chi connectivity index (χ2v) is 4.92. The lowest BCUT2D eigenvalue weighted by molar-refractivity contribution is 0.475. The molecule has 0 aliphatic rings. The van der Waals surface area contributed by atoms with Gasteiger partial charge < -0.3 is 5.32 Å². The fourth-order valence-corrected chi connectivity index (χ4v) is 2.52. The van der Waals surface area contributed by atoms with Crippen molar-refractivity contribution in [3.05, 3.63) is 39.4 Å². The first kappa shape index (κ1) is 14.2. The molecule has 0 amide bonds. The summed E-state index contributed by atoms with van der Waals surface area (Å²) in [5.74, 6) is 0.0115. The highest BCUT2D eigenvalue weighted by atomic mass is 35.5. The molecule has 0 saturated carbocycles. The predicted octanol–water partition coefficient (Wildman–Crippen LogP) is 3.06. The molecule has 102 valence electrons. The average Bonchev–Trinajstić information content (AvgIpc) is 2.88. The van der Waals surface area contributed by atoms with Crippen molar-refractivity contribution in [1.29, 1.82) is 0 Å². The molecule has 2 unspecified atom stereocenters. The average molecular weight is 304 g/mol. The number of tetrazole rings is 1. The van der Waals surface area contributed by atoms with Crippen molar-refractivity contribution in [3.63, 3.8) is 0 Å². The maximum Gasteiger partial charge on any atom is 0.191 e. The monoisotopic (exact) mass is 303 g/mol. The van der Waals surface area contributed by atoms with Gasteiger partial charge >= 0.3 is 0 Å². The molecule has 1 heterocycles. The van der Waals surface area contributed by atoms with Gasteiger partial charge in [-0.2, -0.15) is 5.21 Å². The van der Waals surface area contributed by atoms with Crippen molar-refractivity contribution >= 4 is 23.2 Å². The highest BCUT2D eigenvalue weighted by Gasteiger charge is 2.20. The number of aromatic nitrogens is 4. The van der Waals surface area contributed by atoms with Crippen LogP contribution < -0.4 is 5.32 Å². The van der Waals surface area contributed by atoms with Crippen LogP contribution in [0.1, 0.15) is 37.3 Å². The Kier molecular flexibility index (Phi) is 4.34. The van der Waals surface area contributed by atoms with Gasteiger partial charge in [-0.1, -0.05) is 28.4 Å². The van der Waals surface area contributed by atoms with E-state index in [1.165, 1.54) is 12.1 Å². The minimum Gasteiger partial charge on any atom is -0.301 e. The van der Waals surface area contributed by atoms with Crippen molar-refractivity contribution in [2.75, 3.05) is 0 Å². The van der Waals surface area contributed by atoms with Gasteiger partial charge in [0.15, 0.2) is 5.82 Å². The van der Waals surface area contributed by atoms with Crippen molar-refractivity contribution in [2.45, 2.75) is 25.9 Å². The summed E-state index contributed by atoms with van der Waals surface area (Å²) in [6.45, 7) is 3.70. The van der Waals surface area contributed by atoms with E-state index in [1.807, 2.05) is 13.8 Å². The van der Waals surface area contributed by atoms with Crippen LogP contribution in [0.4, 0.5) is 4.39 Å². The summed E-state index contributed by atoms with van der Waals surface area (Å²) in [5, 5.41) is 17.2. The van der Waals surface area contributed by atoms with Crippen LogP contribution in [-0.2, 0) is 0 Å². The molecule has 19 heavy (non-hydrogen) atoms. The Morgan fingerprint density at radius 2 is 2.00 bits per heavy atom. The molecule has 1 aromatic carbocycles. The van der Waals surface area contributed by atoms with Gasteiger partial charge in [-0.25, -0.2) is 4.39 Å². The molecular formula is C11H12Cl2FN5. The highest BCUT2D eigenvalue weighted by molar-refractivity contribution is 6.36. The first-order valence-corrected chi connectivity index (χ1v) is 6.39. The number of hydrogen-bond acceptors (Lipinski definition) is 4. The van der Waals surface area contributed by atoms with Crippen LogP contribution in [0, 0.1) is 5.82 Å². The van der Waals surface area contributed by atoms with E-state index in [-0.39, 0.29) is 17.1 Å². The normalized spacial score (nSPS) is 14.4. The Bertz CT molecular complexity index is 560. The Morgan fingerprint density at radius 3 is 2.63 bits per heavy atom. The molecule has 0 spiro atoms. The second kappa shape index (κ2) is 5.81. The van der Waals surface area contributed by atoms with Gasteiger partial charge in [0, 0.05) is 16.6 Å². The first-order valence-electron chi connectivity index (χ1n) is 5.63. The van der Waals surface area contributed by atoms with Crippen LogP contribution in [0.3, 0.4) is 0 Å². The number of aromatic amines is 1. The number of halogens is 3. The van der Waals surface area contributed by atoms with Crippen LogP contribution in [0.5, 0.6) is 0 Å². The van der Waals surface area contributed by atoms with Crippen LogP contribution >= 0.6 is 23.2 Å². The molecule has 2 rings (SSSR count). The summed E-state index contributed by atoms with van der Waals surface area (Å²) in [4.78, 5) is 0. The van der Waals surface area contributed by atoms with Crippen LogP contribution in [0.25, 0.3) is 0 Å². The van der Waals surface area contributed by atoms with E-state index in [2.05, 4.69) is 25.9 Å². The topological polar surface area (TPSA) is 66.5 Å². The molecule has 0 aliphatic carbocycles. The maximum atomic E-state index is 13.5. The molecule has 0 aliphatic heterocycles. The third-order valence-electron chi connectivity index (χ3n) is 2.76. The Labute approximate surface area is 119 Å². The van der Waals surface area contributed by atoms with Crippen molar-refractivity contribution in [1.82, 2.24) is 25.9 Å². The van der Waals surface area contributed by atoms with Gasteiger partial charge in [0.2, 0.25) is 0 Å². The molecule has 0 radical (unpaired) electrons. The lowest BCUT2D eigenvalue weighted by atomic mass is 10.1. The number of rotatable bonds is 4. The quantitative estimate of drug-likeness (QED) is 0.852. The number of nitrogens with zero attached hydrogens (tertiary/aromatic N) is 3. The predicted molar refractivity (Wildman–Crippen MR) is 70.6 cm³/mol. The molecule has 2 aromatic rings. The molecule has 0 fully saturated rings. The molecule has 8 heteroatoms. The number of H-pyrrole nitrogens is 1. The van der Waals surface area contributed by atoms with E-state index < -0.39 is 5.82 Å².